The topological polar surface area (TPSA) is 59.2 Å². The zero-order valence-corrected chi connectivity index (χ0v) is 13.9. The third kappa shape index (κ3) is 3.72. The van der Waals surface area contributed by atoms with Crippen molar-refractivity contribution in [3.05, 3.63) is 46.6 Å². The van der Waals surface area contributed by atoms with Crippen LogP contribution in [0.3, 0.4) is 0 Å². The first kappa shape index (κ1) is 16.0. The third-order valence-electron chi connectivity index (χ3n) is 4.18. The lowest BCUT2D eigenvalue weighted by molar-refractivity contribution is 0.0704. The number of rotatable bonds is 4. The molecule has 2 heterocycles. The summed E-state index contributed by atoms with van der Waals surface area (Å²) in [4.78, 5) is 18.8. The summed E-state index contributed by atoms with van der Waals surface area (Å²) in [5.41, 5.74) is 0.677. The van der Waals surface area contributed by atoms with Gasteiger partial charge in [0.15, 0.2) is 5.82 Å². The lowest BCUT2D eigenvalue weighted by atomic mass is 9.96. The van der Waals surface area contributed by atoms with Crippen LogP contribution in [0.2, 0.25) is 5.02 Å². The van der Waals surface area contributed by atoms with E-state index in [1.165, 1.54) is 0 Å². The van der Waals surface area contributed by atoms with Crippen LogP contribution in [0.15, 0.2) is 28.8 Å². The molecule has 0 N–H and O–H groups in total. The molecule has 0 atom stereocenters. The summed E-state index contributed by atoms with van der Waals surface area (Å²) in [5.74, 6) is 1.80. The second kappa shape index (κ2) is 7.13. The fourth-order valence-corrected chi connectivity index (χ4v) is 2.99. The molecule has 23 heavy (non-hydrogen) atoms. The van der Waals surface area contributed by atoms with E-state index in [0.717, 1.165) is 31.5 Å². The normalized spacial score (nSPS) is 15.8. The van der Waals surface area contributed by atoms with Crippen molar-refractivity contribution in [3.63, 3.8) is 0 Å². The van der Waals surface area contributed by atoms with Crippen LogP contribution in [0.25, 0.3) is 0 Å². The average Bonchev–Trinajstić information content (AvgIpc) is 3.04. The van der Waals surface area contributed by atoms with Crippen LogP contribution in [0, 0.1) is 0 Å². The number of amides is 1. The quantitative estimate of drug-likeness (QED) is 0.856. The monoisotopic (exact) mass is 333 g/mol. The molecule has 1 aromatic carbocycles. The van der Waals surface area contributed by atoms with Gasteiger partial charge in [0.2, 0.25) is 5.89 Å². The van der Waals surface area contributed by atoms with E-state index in [0.29, 0.717) is 29.6 Å². The highest BCUT2D eigenvalue weighted by Crippen LogP contribution is 2.27. The van der Waals surface area contributed by atoms with E-state index in [-0.39, 0.29) is 11.8 Å². The number of nitrogens with zero attached hydrogens (tertiary/aromatic N) is 3. The number of aryl methyl sites for hydroxylation is 1. The summed E-state index contributed by atoms with van der Waals surface area (Å²) >= 11 is 5.87. The SMILES string of the molecule is CCCc1noc(C2CCN(C(=O)c3ccc(Cl)cc3)CC2)n1. The Morgan fingerprint density at radius 1 is 1.30 bits per heavy atom. The first-order valence-corrected chi connectivity index (χ1v) is 8.42. The van der Waals surface area contributed by atoms with Gasteiger partial charge < -0.3 is 9.42 Å². The van der Waals surface area contributed by atoms with Gasteiger partial charge >= 0.3 is 0 Å². The molecule has 0 saturated carbocycles. The Balaban J connectivity index is 1.59. The molecule has 1 amide bonds. The van der Waals surface area contributed by atoms with Gasteiger partial charge in [-0.1, -0.05) is 23.7 Å². The summed E-state index contributed by atoms with van der Waals surface area (Å²) in [6.07, 6.45) is 3.56. The largest absolute Gasteiger partial charge is 0.339 e. The number of hydrogen-bond donors (Lipinski definition) is 0. The Hall–Kier alpha value is -1.88. The van der Waals surface area contributed by atoms with Gasteiger partial charge in [0.25, 0.3) is 5.91 Å². The van der Waals surface area contributed by atoms with Crippen LogP contribution < -0.4 is 0 Å². The Morgan fingerprint density at radius 2 is 2.00 bits per heavy atom. The molecule has 0 radical (unpaired) electrons. The van der Waals surface area contributed by atoms with Gasteiger partial charge in [0.1, 0.15) is 0 Å². The number of aromatic nitrogens is 2. The Bertz CT molecular complexity index is 661. The Kier molecular flexibility index (Phi) is 4.96. The van der Waals surface area contributed by atoms with E-state index in [1.54, 1.807) is 24.3 Å². The zero-order chi connectivity index (χ0) is 16.2. The molecule has 0 bridgehead atoms. The van der Waals surface area contributed by atoms with E-state index >= 15 is 0 Å². The zero-order valence-electron chi connectivity index (χ0n) is 13.2. The van der Waals surface area contributed by atoms with Crippen molar-refractivity contribution in [2.24, 2.45) is 0 Å². The molecule has 6 heteroatoms. The number of halogens is 1. The van der Waals surface area contributed by atoms with Gasteiger partial charge in [-0.2, -0.15) is 4.98 Å². The van der Waals surface area contributed by atoms with Gasteiger partial charge in [-0.3, -0.25) is 4.79 Å². The molecule has 1 aromatic heterocycles. The average molecular weight is 334 g/mol. The van der Waals surface area contributed by atoms with Gasteiger partial charge in [-0.25, -0.2) is 0 Å². The number of likely N-dealkylation sites (tertiary alicyclic amines) is 1. The minimum absolute atomic E-state index is 0.0531. The van der Waals surface area contributed by atoms with Crippen molar-refractivity contribution in [3.8, 4) is 0 Å². The van der Waals surface area contributed by atoms with Gasteiger partial charge in [-0.05, 0) is 43.5 Å². The molecular formula is C17H20ClN3O2. The molecule has 2 aromatic rings. The maximum absolute atomic E-state index is 12.5. The smallest absolute Gasteiger partial charge is 0.253 e. The first-order chi connectivity index (χ1) is 11.2. The summed E-state index contributed by atoms with van der Waals surface area (Å²) in [6, 6.07) is 7.03. The van der Waals surface area contributed by atoms with Crippen LogP contribution in [-0.4, -0.2) is 34.0 Å². The predicted molar refractivity (Wildman–Crippen MR) is 87.6 cm³/mol. The molecule has 0 spiro atoms. The minimum atomic E-state index is 0.0531. The first-order valence-electron chi connectivity index (χ1n) is 8.04. The van der Waals surface area contributed by atoms with E-state index in [4.69, 9.17) is 16.1 Å². The highest BCUT2D eigenvalue weighted by atomic mass is 35.5. The van der Waals surface area contributed by atoms with Crippen LogP contribution in [0.4, 0.5) is 0 Å². The van der Waals surface area contributed by atoms with E-state index in [9.17, 15) is 4.79 Å². The number of carbonyl (C=O) groups is 1. The summed E-state index contributed by atoms with van der Waals surface area (Å²) in [7, 11) is 0. The van der Waals surface area contributed by atoms with Crippen molar-refractivity contribution in [2.45, 2.75) is 38.5 Å². The molecule has 1 aliphatic heterocycles. The number of carbonyl (C=O) groups excluding carboxylic acids is 1. The Labute approximate surface area is 140 Å². The minimum Gasteiger partial charge on any atom is -0.339 e. The molecule has 1 fully saturated rings. The molecule has 1 saturated heterocycles. The summed E-state index contributed by atoms with van der Waals surface area (Å²) in [6.45, 7) is 3.51. The maximum Gasteiger partial charge on any atom is 0.253 e. The fraction of sp³-hybridized carbons (Fsp3) is 0.471. The summed E-state index contributed by atoms with van der Waals surface area (Å²) in [5, 5.41) is 4.65. The van der Waals surface area contributed by atoms with Crippen molar-refractivity contribution < 1.29 is 9.32 Å². The lowest BCUT2D eigenvalue weighted by Gasteiger charge is -2.30. The highest BCUT2D eigenvalue weighted by molar-refractivity contribution is 6.30. The molecule has 3 rings (SSSR count). The summed E-state index contributed by atoms with van der Waals surface area (Å²) < 4.78 is 5.37. The second-order valence-corrected chi connectivity index (χ2v) is 6.31. The van der Waals surface area contributed by atoms with Crippen molar-refractivity contribution in [1.82, 2.24) is 15.0 Å². The van der Waals surface area contributed by atoms with Gasteiger partial charge in [0.05, 0.1) is 0 Å². The van der Waals surface area contributed by atoms with Crippen LogP contribution in [-0.2, 0) is 6.42 Å². The van der Waals surface area contributed by atoms with Gasteiger partial charge in [0, 0.05) is 36.0 Å². The standard InChI is InChI=1S/C17H20ClN3O2/c1-2-3-15-19-16(23-20-15)12-8-10-21(11-9-12)17(22)13-4-6-14(18)7-5-13/h4-7,12H,2-3,8-11H2,1H3. The molecule has 0 aliphatic carbocycles. The van der Waals surface area contributed by atoms with Crippen molar-refractivity contribution in [2.75, 3.05) is 13.1 Å². The fourth-order valence-electron chi connectivity index (χ4n) is 2.86. The van der Waals surface area contributed by atoms with E-state index < -0.39 is 0 Å². The maximum atomic E-state index is 12.5. The second-order valence-electron chi connectivity index (χ2n) is 5.87. The predicted octanol–water partition coefficient (Wildman–Crippen LogP) is 3.70. The van der Waals surface area contributed by atoms with E-state index in [1.807, 2.05) is 4.90 Å². The van der Waals surface area contributed by atoms with Crippen LogP contribution >= 0.6 is 11.6 Å². The van der Waals surface area contributed by atoms with E-state index in [2.05, 4.69) is 17.1 Å². The molecule has 1 aliphatic rings. The molecular weight excluding hydrogens is 314 g/mol. The number of benzene rings is 1. The molecule has 5 nitrogen and oxygen atoms in total. The number of piperidine rings is 1. The number of hydrogen-bond acceptors (Lipinski definition) is 4. The molecule has 122 valence electrons. The van der Waals surface area contributed by atoms with Crippen molar-refractivity contribution >= 4 is 17.5 Å². The Morgan fingerprint density at radius 3 is 2.65 bits per heavy atom. The van der Waals surface area contributed by atoms with Gasteiger partial charge in [-0.15, -0.1) is 0 Å². The molecule has 0 unspecified atom stereocenters. The lowest BCUT2D eigenvalue weighted by Crippen LogP contribution is -2.38. The highest BCUT2D eigenvalue weighted by Gasteiger charge is 2.27. The van der Waals surface area contributed by atoms with Crippen molar-refractivity contribution in [1.29, 1.82) is 0 Å². The third-order valence-corrected chi connectivity index (χ3v) is 4.43. The van der Waals surface area contributed by atoms with Crippen LogP contribution in [0.5, 0.6) is 0 Å². The van der Waals surface area contributed by atoms with Crippen LogP contribution in [0.1, 0.15) is 54.2 Å².